The van der Waals surface area contributed by atoms with Crippen LogP contribution in [-0.4, -0.2) is 61.8 Å². The standard InChI is InChI=1S/C22H24N4O5S/c1-30-19-8-7-17(15-20(19)32(28,29)25-11-13-31-14-12-25)16-22(27)23-21-9-10-26(24-21)18-5-3-2-4-6-18/h2-10,15H,11-14,16H2,1H3,(H,23,24,27). The lowest BCUT2D eigenvalue weighted by atomic mass is 10.1. The van der Waals surface area contributed by atoms with E-state index in [-0.39, 0.29) is 36.1 Å². The van der Waals surface area contributed by atoms with E-state index in [0.717, 1.165) is 5.69 Å². The van der Waals surface area contributed by atoms with Crippen LogP contribution in [0.3, 0.4) is 0 Å². The topological polar surface area (TPSA) is 103 Å². The number of nitrogens with zero attached hydrogens (tertiary/aromatic N) is 3. The van der Waals surface area contributed by atoms with E-state index in [1.54, 1.807) is 29.1 Å². The number of hydrogen-bond acceptors (Lipinski definition) is 6. The first-order valence-corrected chi connectivity index (χ1v) is 11.6. The number of amides is 1. The maximum absolute atomic E-state index is 13.1. The van der Waals surface area contributed by atoms with Crippen LogP contribution in [0.5, 0.6) is 5.75 Å². The average Bonchev–Trinajstić information content (AvgIpc) is 3.28. The van der Waals surface area contributed by atoms with E-state index in [4.69, 9.17) is 9.47 Å². The summed E-state index contributed by atoms with van der Waals surface area (Å²) in [5.74, 6) is 0.346. The highest BCUT2D eigenvalue weighted by Crippen LogP contribution is 2.28. The summed E-state index contributed by atoms with van der Waals surface area (Å²) in [6.07, 6.45) is 1.75. The van der Waals surface area contributed by atoms with E-state index >= 15 is 0 Å². The SMILES string of the molecule is COc1ccc(CC(=O)Nc2ccn(-c3ccccc3)n2)cc1S(=O)(=O)N1CCOCC1. The normalized spacial score (nSPS) is 14.8. The number of sulfonamides is 1. The Labute approximate surface area is 186 Å². The predicted octanol–water partition coefficient (Wildman–Crippen LogP) is 2.08. The molecule has 1 aliphatic rings. The van der Waals surface area contributed by atoms with E-state index in [2.05, 4.69) is 10.4 Å². The molecule has 9 nitrogen and oxygen atoms in total. The summed E-state index contributed by atoms with van der Waals surface area (Å²) in [7, 11) is -2.35. The van der Waals surface area contributed by atoms with Crippen molar-refractivity contribution in [1.82, 2.24) is 14.1 Å². The van der Waals surface area contributed by atoms with E-state index < -0.39 is 10.0 Å². The lowest BCUT2D eigenvalue weighted by molar-refractivity contribution is -0.115. The number of benzene rings is 2. The minimum Gasteiger partial charge on any atom is -0.495 e. The minimum atomic E-state index is -3.77. The first-order chi connectivity index (χ1) is 15.5. The second kappa shape index (κ2) is 9.51. The molecule has 0 radical (unpaired) electrons. The highest BCUT2D eigenvalue weighted by molar-refractivity contribution is 7.89. The van der Waals surface area contributed by atoms with Crippen molar-refractivity contribution in [2.75, 3.05) is 38.7 Å². The van der Waals surface area contributed by atoms with Crippen LogP contribution in [0.15, 0.2) is 65.7 Å². The average molecular weight is 457 g/mol. The Morgan fingerprint density at radius 1 is 1.12 bits per heavy atom. The number of hydrogen-bond donors (Lipinski definition) is 1. The third kappa shape index (κ3) is 4.82. The van der Waals surface area contributed by atoms with Gasteiger partial charge in [-0.2, -0.15) is 9.40 Å². The number of carbonyl (C=O) groups is 1. The Balaban J connectivity index is 1.49. The van der Waals surface area contributed by atoms with Crippen molar-refractivity contribution in [2.45, 2.75) is 11.3 Å². The molecule has 2 heterocycles. The molecule has 1 aliphatic heterocycles. The number of aromatic nitrogens is 2. The van der Waals surface area contributed by atoms with Crippen LogP contribution in [0, 0.1) is 0 Å². The van der Waals surface area contributed by atoms with Crippen molar-refractivity contribution >= 4 is 21.7 Å². The zero-order valence-electron chi connectivity index (χ0n) is 17.6. The third-order valence-corrected chi connectivity index (χ3v) is 6.98. The first-order valence-electron chi connectivity index (χ1n) is 10.1. The van der Waals surface area contributed by atoms with Crippen LogP contribution in [0.2, 0.25) is 0 Å². The van der Waals surface area contributed by atoms with Gasteiger partial charge in [0.25, 0.3) is 0 Å². The van der Waals surface area contributed by atoms with E-state index in [9.17, 15) is 13.2 Å². The molecule has 1 saturated heterocycles. The van der Waals surface area contributed by atoms with Crippen molar-refractivity contribution < 1.29 is 22.7 Å². The molecular formula is C22H24N4O5S. The molecule has 168 valence electrons. The maximum Gasteiger partial charge on any atom is 0.246 e. The highest BCUT2D eigenvalue weighted by atomic mass is 32.2. The quantitative estimate of drug-likeness (QED) is 0.584. The number of nitrogens with one attached hydrogen (secondary N) is 1. The number of para-hydroxylation sites is 1. The molecule has 1 aromatic heterocycles. The maximum atomic E-state index is 13.1. The van der Waals surface area contributed by atoms with Crippen LogP contribution in [0.1, 0.15) is 5.56 Å². The Kier molecular flexibility index (Phi) is 6.54. The summed E-state index contributed by atoms with van der Waals surface area (Å²) < 4.78 is 39.8. The zero-order valence-corrected chi connectivity index (χ0v) is 18.4. The van der Waals surface area contributed by atoms with Crippen LogP contribution < -0.4 is 10.1 Å². The van der Waals surface area contributed by atoms with Crippen molar-refractivity contribution in [3.05, 3.63) is 66.4 Å². The summed E-state index contributed by atoms with van der Waals surface area (Å²) in [4.78, 5) is 12.6. The molecule has 3 aromatic rings. The highest BCUT2D eigenvalue weighted by Gasteiger charge is 2.29. The molecule has 2 aromatic carbocycles. The molecule has 1 amide bonds. The van der Waals surface area contributed by atoms with Gasteiger partial charge < -0.3 is 14.8 Å². The molecule has 0 saturated carbocycles. The summed E-state index contributed by atoms with van der Waals surface area (Å²) in [5.41, 5.74) is 1.43. The lowest BCUT2D eigenvalue weighted by Gasteiger charge is -2.26. The van der Waals surface area contributed by atoms with Gasteiger partial charge in [0.15, 0.2) is 5.82 Å². The van der Waals surface area contributed by atoms with Gasteiger partial charge in [-0.25, -0.2) is 13.1 Å². The molecule has 32 heavy (non-hydrogen) atoms. The Hall–Kier alpha value is -3.21. The van der Waals surface area contributed by atoms with Crippen LogP contribution >= 0.6 is 0 Å². The van der Waals surface area contributed by atoms with Crippen molar-refractivity contribution in [1.29, 1.82) is 0 Å². The Bertz CT molecular complexity index is 1190. The fourth-order valence-corrected chi connectivity index (χ4v) is 5.06. The summed E-state index contributed by atoms with van der Waals surface area (Å²) in [6, 6.07) is 16.0. The smallest absolute Gasteiger partial charge is 0.246 e. The van der Waals surface area contributed by atoms with Crippen LogP contribution in [0.25, 0.3) is 5.69 Å². The van der Waals surface area contributed by atoms with E-state index in [0.29, 0.717) is 24.6 Å². The fourth-order valence-electron chi connectivity index (χ4n) is 3.45. The second-order valence-electron chi connectivity index (χ2n) is 7.21. The van der Waals surface area contributed by atoms with Gasteiger partial charge in [0, 0.05) is 25.4 Å². The summed E-state index contributed by atoms with van der Waals surface area (Å²) in [5, 5.41) is 7.11. The molecule has 1 N–H and O–H groups in total. The molecule has 0 bridgehead atoms. The van der Waals surface area contributed by atoms with Gasteiger partial charge in [-0.15, -0.1) is 0 Å². The van der Waals surface area contributed by atoms with Gasteiger partial charge in [0.2, 0.25) is 15.9 Å². The van der Waals surface area contributed by atoms with Gasteiger partial charge in [-0.3, -0.25) is 4.79 Å². The molecule has 1 fully saturated rings. The van der Waals surface area contributed by atoms with Crippen LogP contribution in [0.4, 0.5) is 5.82 Å². The van der Waals surface area contributed by atoms with Crippen molar-refractivity contribution in [2.24, 2.45) is 0 Å². The first kappa shape index (κ1) is 22.0. The Morgan fingerprint density at radius 2 is 1.88 bits per heavy atom. The van der Waals surface area contributed by atoms with Gasteiger partial charge in [-0.1, -0.05) is 24.3 Å². The van der Waals surface area contributed by atoms with E-state index in [1.165, 1.54) is 17.5 Å². The van der Waals surface area contributed by atoms with Gasteiger partial charge >= 0.3 is 0 Å². The number of anilines is 1. The minimum absolute atomic E-state index is 0.00613. The largest absolute Gasteiger partial charge is 0.495 e. The van der Waals surface area contributed by atoms with Crippen LogP contribution in [-0.2, 0) is 26.0 Å². The number of morpholine rings is 1. The number of carbonyl (C=O) groups excluding carboxylic acids is 1. The fraction of sp³-hybridized carbons (Fsp3) is 0.273. The number of methoxy groups -OCH3 is 1. The molecule has 4 rings (SSSR count). The predicted molar refractivity (Wildman–Crippen MR) is 118 cm³/mol. The molecular weight excluding hydrogens is 432 g/mol. The molecule has 0 atom stereocenters. The zero-order chi connectivity index (χ0) is 22.6. The van der Waals surface area contributed by atoms with Gasteiger partial charge in [-0.05, 0) is 29.8 Å². The monoisotopic (exact) mass is 456 g/mol. The third-order valence-electron chi connectivity index (χ3n) is 5.06. The second-order valence-corrected chi connectivity index (χ2v) is 9.11. The Morgan fingerprint density at radius 3 is 2.59 bits per heavy atom. The van der Waals surface area contributed by atoms with Crippen molar-refractivity contribution in [3.63, 3.8) is 0 Å². The lowest BCUT2D eigenvalue weighted by Crippen LogP contribution is -2.40. The summed E-state index contributed by atoms with van der Waals surface area (Å²) in [6.45, 7) is 1.25. The number of ether oxygens (including phenoxy) is 2. The van der Waals surface area contributed by atoms with Crippen molar-refractivity contribution in [3.8, 4) is 11.4 Å². The van der Waals surface area contributed by atoms with Gasteiger partial charge in [0.05, 0.1) is 32.4 Å². The van der Waals surface area contributed by atoms with E-state index in [1.807, 2.05) is 30.3 Å². The number of rotatable bonds is 7. The van der Waals surface area contributed by atoms with Gasteiger partial charge in [0.1, 0.15) is 10.6 Å². The molecule has 10 heteroatoms. The molecule has 0 aliphatic carbocycles. The molecule has 0 unspecified atom stereocenters. The molecule has 0 spiro atoms. The summed E-state index contributed by atoms with van der Waals surface area (Å²) >= 11 is 0.